The molecule has 19 heavy (non-hydrogen) atoms. The van der Waals surface area contributed by atoms with Crippen molar-refractivity contribution < 1.29 is 0 Å². The first kappa shape index (κ1) is 16.6. The van der Waals surface area contributed by atoms with E-state index in [0.29, 0.717) is 0 Å². The van der Waals surface area contributed by atoms with Crippen LogP contribution < -0.4 is 0 Å². The van der Waals surface area contributed by atoms with Gasteiger partial charge in [-0.2, -0.15) is 0 Å². The van der Waals surface area contributed by atoms with Crippen molar-refractivity contribution in [3.05, 3.63) is 35.4 Å². The van der Waals surface area contributed by atoms with Crippen molar-refractivity contribution in [2.45, 2.75) is 77.0 Å². The second-order valence-corrected chi connectivity index (χ2v) is 7.07. The number of alkyl halides is 1. The third kappa shape index (κ3) is 5.99. The molecule has 0 aliphatic rings. The number of unbranched alkanes of at least 4 members (excludes halogenated alkanes) is 4. The fourth-order valence-electron chi connectivity index (χ4n) is 2.29. The van der Waals surface area contributed by atoms with Gasteiger partial charge in [0.25, 0.3) is 0 Å². The first-order valence-electron chi connectivity index (χ1n) is 7.69. The molecule has 0 aliphatic carbocycles. The van der Waals surface area contributed by atoms with Gasteiger partial charge < -0.3 is 0 Å². The van der Waals surface area contributed by atoms with Crippen LogP contribution in [-0.4, -0.2) is 0 Å². The lowest BCUT2D eigenvalue weighted by molar-refractivity contribution is 0.588. The summed E-state index contributed by atoms with van der Waals surface area (Å²) < 4.78 is 0. The van der Waals surface area contributed by atoms with Crippen LogP contribution in [0.4, 0.5) is 0 Å². The minimum atomic E-state index is 0.177. The largest absolute Gasteiger partial charge is 0.118 e. The zero-order chi connectivity index (χ0) is 14.3. The van der Waals surface area contributed by atoms with Crippen LogP contribution in [0, 0.1) is 0 Å². The molecular weight excluding hydrogens is 252 g/mol. The molecule has 1 aromatic rings. The van der Waals surface area contributed by atoms with Gasteiger partial charge in [0.15, 0.2) is 0 Å². The minimum absolute atomic E-state index is 0.177. The third-order valence-corrected chi connectivity index (χ3v) is 4.17. The quantitative estimate of drug-likeness (QED) is 0.389. The van der Waals surface area contributed by atoms with E-state index < -0.39 is 0 Å². The van der Waals surface area contributed by atoms with Crippen LogP contribution in [0.2, 0.25) is 0 Å². The molecular formula is C18H29Cl. The van der Waals surface area contributed by atoms with E-state index in [1.165, 1.54) is 43.2 Å². The lowest BCUT2D eigenvalue weighted by atomic mass is 9.86. The first-order chi connectivity index (χ1) is 8.95. The van der Waals surface area contributed by atoms with Gasteiger partial charge in [0, 0.05) is 0 Å². The Hall–Kier alpha value is -0.490. The van der Waals surface area contributed by atoms with Crippen LogP contribution in [-0.2, 0) is 5.41 Å². The number of halogens is 1. The number of hydrogen-bond donors (Lipinski definition) is 0. The Morgan fingerprint density at radius 2 is 1.53 bits per heavy atom. The maximum Gasteiger partial charge on any atom is 0.0585 e. The highest BCUT2D eigenvalue weighted by atomic mass is 35.5. The minimum Gasteiger partial charge on any atom is -0.118 e. The van der Waals surface area contributed by atoms with Crippen LogP contribution in [0.5, 0.6) is 0 Å². The van der Waals surface area contributed by atoms with Crippen molar-refractivity contribution in [3.63, 3.8) is 0 Å². The topological polar surface area (TPSA) is 0 Å². The van der Waals surface area contributed by atoms with Crippen molar-refractivity contribution in [1.29, 1.82) is 0 Å². The van der Waals surface area contributed by atoms with Gasteiger partial charge in [0.05, 0.1) is 5.38 Å². The molecule has 1 unspecified atom stereocenters. The van der Waals surface area contributed by atoms with E-state index in [2.05, 4.69) is 52.0 Å². The van der Waals surface area contributed by atoms with Crippen molar-refractivity contribution >= 4 is 11.6 Å². The molecule has 0 aliphatic heterocycles. The molecule has 0 fully saturated rings. The third-order valence-electron chi connectivity index (χ3n) is 3.70. The number of benzene rings is 1. The van der Waals surface area contributed by atoms with E-state index in [1.807, 2.05) is 0 Å². The van der Waals surface area contributed by atoms with Gasteiger partial charge in [-0.05, 0) is 23.0 Å². The van der Waals surface area contributed by atoms with E-state index in [4.69, 9.17) is 11.6 Å². The summed E-state index contributed by atoms with van der Waals surface area (Å²) in [7, 11) is 0. The fourth-order valence-corrected chi connectivity index (χ4v) is 2.59. The number of hydrogen-bond acceptors (Lipinski definition) is 0. The summed E-state index contributed by atoms with van der Waals surface area (Å²) in [5, 5.41) is 0.177. The van der Waals surface area contributed by atoms with Crippen LogP contribution in [0.25, 0.3) is 0 Å². The Balaban J connectivity index is 2.42. The molecule has 1 rings (SSSR count). The van der Waals surface area contributed by atoms with Gasteiger partial charge in [0.2, 0.25) is 0 Å². The molecule has 0 radical (unpaired) electrons. The average Bonchev–Trinajstić information content (AvgIpc) is 2.37. The predicted molar refractivity (Wildman–Crippen MR) is 87.1 cm³/mol. The summed E-state index contributed by atoms with van der Waals surface area (Å²) in [6, 6.07) is 8.85. The van der Waals surface area contributed by atoms with Crippen LogP contribution >= 0.6 is 11.6 Å². The second-order valence-electron chi connectivity index (χ2n) is 6.54. The standard InChI is InChI=1S/C18H29Cl/c1-5-6-7-8-9-10-17(19)15-11-13-16(14-12-15)18(2,3)4/h11-14,17H,5-10H2,1-4H3. The van der Waals surface area contributed by atoms with Crippen molar-refractivity contribution in [2.24, 2.45) is 0 Å². The Bertz CT molecular complexity index is 345. The summed E-state index contributed by atoms with van der Waals surface area (Å²) >= 11 is 6.49. The van der Waals surface area contributed by atoms with Gasteiger partial charge >= 0.3 is 0 Å². The molecule has 0 saturated heterocycles. The van der Waals surface area contributed by atoms with Gasteiger partial charge in [-0.25, -0.2) is 0 Å². The Morgan fingerprint density at radius 3 is 2.05 bits per heavy atom. The molecule has 0 spiro atoms. The van der Waals surface area contributed by atoms with E-state index in [-0.39, 0.29) is 10.8 Å². The normalized spacial score (nSPS) is 13.5. The van der Waals surface area contributed by atoms with Crippen molar-refractivity contribution in [3.8, 4) is 0 Å². The summed E-state index contributed by atoms with van der Waals surface area (Å²) in [6.07, 6.45) is 7.67. The van der Waals surface area contributed by atoms with Gasteiger partial charge in [0.1, 0.15) is 0 Å². The van der Waals surface area contributed by atoms with Gasteiger partial charge in [-0.15, -0.1) is 11.6 Å². The molecule has 1 heteroatoms. The van der Waals surface area contributed by atoms with E-state index in [9.17, 15) is 0 Å². The van der Waals surface area contributed by atoms with Crippen LogP contribution in [0.15, 0.2) is 24.3 Å². The first-order valence-corrected chi connectivity index (χ1v) is 8.13. The summed E-state index contributed by atoms with van der Waals surface area (Å²) in [5.74, 6) is 0. The highest BCUT2D eigenvalue weighted by Crippen LogP contribution is 2.29. The SMILES string of the molecule is CCCCCCCC(Cl)c1ccc(C(C)(C)C)cc1. The Morgan fingerprint density at radius 1 is 0.947 bits per heavy atom. The molecule has 0 N–H and O–H groups in total. The molecule has 0 amide bonds. The highest BCUT2D eigenvalue weighted by Gasteiger charge is 2.14. The Labute approximate surface area is 124 Å². The van der Waals surface area contributed by atoms with E-state index >= 15 is 0 Å². The maximum atomic E-state index is 6.49. The molecule has 1 atom stereocenters. The second kappa shape index (κ2) is 7.94. The predicted octanol–water partition coefficient (Wildman–Crippen LogP) is 6.62. The molecule has 0 aromatic heterocycles. The molecule has 0 nitrogen and oxygen atoms in total. The molecule has 0 heterocycles. The van der Waals surface area contributed by atoms with E-state index in [1.54, 1.807) is 0 Å². The summed E-state index contributed by atoms with van der Waals surface area (Å²) in [4.78, 5) is 0. The van der Waals surface area contributed by atoms with Crippen LogP contribution in [0.1, 0.15) is 82.7 Å². The molecule has 108 valence electrons. The number of rotatable bonds is 7. The average molecular weight is 281 g/mol. The van der Waals surface area contributed by atoms with Gasteiger partial charge in [-0.3, -0.25) is 0 Å². The molecule has 0 saturated carbocycles. The van der Waals surface area contributed by atoms with Crippen molar-refractivity contribution in [1.82, 2.24) is 0 Å². The highest BCUT2D eigenvalue weighted by molar-refractivity contribution is 6.20. The zero-order valence-corrected chi connectivity index (χ0v) is 13.8. The van der Waals surface area contributed by atoms with Crippen LogP contribution in [0.3, 0.4) is 0 Å². The lowest BCUT2D eigenvalue weighted by Gasteiger charge is -2.20. The molecule has 0 bridgehead atoms. The van der Waals surface area contributed by atoms with Gasteiger partial charge in [-0.1, -0.05) is 84.1 Å². The fraction of sp³-hybridized carbons (Fsp3) is 0.667. The van der Waals surface area contributed by atoms with Crippen molar-refractivity contribution in [2.75, 3.05) is 0 Å². The van der Waals surface area contributed by atoms with E-state index in [0.717, 1.165) is 6.42 Å². The summed E-state index contributed by atoms with van der Waals surface area (Å²) in [5.41, 5.74) is 2.87. The Kier molecular flexibility index (Phi) is 6.93. The monoisotopic (exact) mass is 280 g/mol. The molecule has 1 aromatic carbocycles. The summed E-state index contributed by atoms with van der Waals surface area (Å²) in [6.45, 7) is 8.98. The lowest BCUT2D eigenvalue weighted by Crippen LogP contribution is -2.10. The zero-order valence-electron chi connectivity index (χ0n) is 13.0. The smallest absolute Gasteiger partial charge is 0.0585 e. The maximum absolute atomic E-state index is 6.49.